The largest absolute Gasteiger partial charge is 0.367 e. The van der Waals surface area contributed by atoms with Crippen molar-refractivity contribution in [3.8, 4) is 0 Å². The predicted octanol–water partition coefficient (Wildman–Crippen LogP) is 1.57. The second-order valence-corrected chi connectivity index (χ2v) is 4.50. The van der Waals surface area contributed by atoms with Gasteiger partial charge in [-0.3, -0.25) is 4.68 Å². The van der Waals surface area contributed by atoms with E-state index in [0.29, 0.717) is 6.04 Å². The third kappa shape index (κ3) is 1.52. The van der Waals surface area contributed by atoms with Crippen LogP contribution in [0, 0.1) is 5.92 Å². The first-order valence-electron chi connectivity index (χ1n) is 5.65. The summed E-state index contributed by atoms with van der Waals surface area (Å²) >= 11 is 0. The first kappa shape index (κ1) is 9.57. The highest BCUT2D eigenvalue weighted by atomic mass is 15.3. The van der Waals surface area contributed by atoms with Crippen LogP contribution in [0.1, 0.15) is 19.8 Å². The maximum atomic E-state index is 4.29. The van der Waals surface area contributed by atoms with Gasteiger partial charge in [0.1, 0.15) is 12.1 Å². The molecule has 0 spiro atoms. The molecule has 1 aliphatic rings. The van der Waals surface area contributed by atoms with Crippen LogP contribution in [-0.2, 0) is 7.05 Å². The zero-order chi connectivity index (χ0) is 11.1. The van der Waals surface area contributed by atoms with Crippen LogP contribution in [0.4, 0.5) is 5.82 Å². The molecule has 0 radical (unpaired) electrons. The molecule has 0 aromatic carbocycles. The summed E-state index contributed by atoms with van der Waals surface area (Å²) in [5.74, 6) is 1.71. The molecule has 0 amide bonds. The third-order valence-electron chi connectivity index (χ3n) is 3.22. The van der Waals surface area contributed by atoms with Gasteiger partial charge in [-0.05, 0) is 25.7 Å². The second kappa shape index (κ2) is 3.43. The normalized spacial score (nSPS) is 17.6. The van der Waals surface area contributed by atoms with Crippen molar-refractivity contribution in [2.75, 3.05) is 5.32 Å². The zero-order valence-corrected chi connectivity index (χ0v) is 9.51. The van der Waals surface area contributed by atoms with Crippen molar-refractivity contribution in [1.29, 1.82) is 0 Å². The van der Waals surface area contributed by atoms with Gasteiger partial charge in [0.05, 0.1) is 11.6 Å². The monoisotopic (exact) mass is 217 g/mol. The van der Waals surface area contributed by atoms with Crippen LogP contribution >= 0.6 is 0 Å². The lowest BCUT2D eigenvalue weighted by Crippen LogP contribution is -2.18. The van der Waals surface area contributed by atoms with Gasteiger partial charge in [0.25, 0.3) is 0 Å². The number of aryl methyl sites for hydroxylation is 1. The molecular weight excluding hydrogens is 202 g/mol. The van der Waals surface area contributed by atoms with E-state index in [0.717, 1.165) is 22.8 Å². The highest BCUT2D eigenvalue weighted by molar-refractivity contribution is 5.86. The summed E-state index contributed by atoms with van der Waals surface area (Å²) in [7, 11) is 1.89. The highest BCUT2D eigenvalue weighted by Crippen LogP contribution is 2.34. The number of nitrogens with one attached hydrogen (secondary N) is 1. The van der Waals surface area contributed by atoms with Gasteiger partial charge in [0.2, 0.25) is 0 Å². The van der Waals surface area contributed by atoms with Gasteiger partial charge in [-0.25, -0.2) is 9.97 Å². The van der Waals surface area contributed by atoms with E-state index in [2.05, 4.69) is 27.3 Å². The van der Waals surface area contributed by atoms with E-state index in [1.165, 1.54) is 12.8 Å². The molecule has 0 bridgehead atoms. The number of hydrogen-bond donors (Lipinski definition) is 1. The van der Waals surface area contributed by atoms with E-state index in [1.807, 2.05) is 13.2 Å². The molecule has 2 heterocycles. The third-order valence-corrected chi connectivity index (χ3v) is 3.22. The molecular formula is C11H15N5. The summed E-state index contributed by atoms with van der Waals surface area (Å²) < 4.78 is 1.77. The summed E-state index contributed by atoms with van der Waals surface area (Å²) in [6.45, 7) is 2.21. The summed E-state index contributed by atoms with van der Waals surface area (Å²) in [5.41, 5.74) is 0.875. The predicted molar refractivity (Wildman–Crippen MR) is 62.1 cm³/mol. The van der Waals surface area contributed by atoms with Crippen LogP contribution in [-0.4, -0.2) is 25.8 Å². The number of fused-ring (bicyclic) bond motifs is 1. The Labute approximate surface area is 93.9 Å². The van der Waals surface area contributed by atoms with Gasteiger partial charge in [-0.1, -0.05) is 0 Å². The Bertz CT molecular complexity index is 514. The quantitative estimate of drug-likeness (QED) is 0.848. The lowest BCUT2D eigenvalue weighted by Gasteiger charge is -2.13. The molecule has 16 heavy (non-hydrogen) atoms. The van der Waals surface area contributed by atoms with E-state index < -0.39 is 0 Å². The van der Waals surface area contributed by atoms with Gasteiger partial charge in [0.15, 0.2) is 5.65 Å². The Morgan fingerprint density at radius 2 is 2.25 bits per heavy atom. The molecule has 2 aromatic rings. The summed E-state index contributed by atoms with van der Waals surface area (Å²) in [5, 5.41) is 8.65. The summed E-state index contributed by atoms with van der Waals surface area (Å²) in [6.07, 6.45) is 6.06. The van der Waals surface area contributed by atoms with Crippen molar-refractivity contribution in [1.82, 2.24) is 19.7 Å². The lowest BCUT2D eigenvalue weighted by molar-refractivity contribution is 0.691. The summed E-state index contributed by atoms with van der Waals surface area (Å²) in [4.78, 5) is 8.51. The molecule has 5 nitrogen and oxygen atoms in total. The molecule has 1 atom stereocenters. The zero-order valence-electron chi connectivity index (χ0n) is 9.51. The average Bonchev–Trinajstić information content (AvgIpc) is 3.05. The van der Waals surface area contributed by atoms with Crippen LogP contribution < -0.4 is 5.32 Å². The van der Waals surface area contributed by atoms with Crippen LogP contribution in [0.2, 0.25) is 0 Å². The minimum atomic E-state index is 0.485. The Morgan fingerprint density at radius 1 is 1.44 bits per heavy atom. The molecule has 3 rings (SSSR count). The van der Waals surface area contributed by atoms with E-state index in [9.17, 15) is 0 Å². The number of anilines is 1. The number of hydrogen-bond acceptors (Lipinski definition) is 4. The Kier molecular flexibility index (Phi) is 2.05. The smallest absolute Gasteiger partial charge is 0.163 e. The van der Waals surface area contributed by atoms with E-state index in [-0.39, 0.29) is 0 Å². The highest BCUT2D eigenvalue weighted by Gasteiger charge is 2.28. The first-order valence-corrected chi connectivity index (χ1v) is 5.65. The van der Waals surface area contributed by atoms with Crippen molar-refractivity contribution in [2.24, 2.45) is 13.0 Å². The minimum Gasteiger partial charge on any atom is -0.367 e. The van der Waals surface area contributed by atoms with E-state index >= 15 is 0 Å². The van der Waals surface area contributed by atoms with Gasteiger partial charge in [-0.2, -0.15) is 5.10 Å². The first-order chi connectivity index (χ1) is 7.75. The minimum absolute atomic E-state index is 0.485. The number of aromatic nitrogens is 4. The molecule has 1 saturated carbocycles. The molecule has 1 N–H and O–H groups in total. The molecule has 1 unspecified atom stereocenters. The summed E-state index contributed by atoms with van der Waals surface area (Å²) in [6, 6.07) is 0.485. The molecule has 1 fully saturated rings. The van der Waals surface area contributed by atoms with E-state index in [4.69, 9.17) is 0 Å². The van der Waals surface area contributed by atoms with Crippen LogP contribution in [0.15, 0.2) is 12.5 Å². The fourth-order valence-corrected chi connectivity index (χ4v) is 2.01. The second-order valence-electron chi connectivity index (χ2n) is 4.50. The van der Waals surface area contributed by atoms with Gasteiger partial charge in [-0.15, -0.1) is 0 Å². The molecule has 2 aromatic heterocycles. The molecule has 5 heteroatoms. The average molecular weight is 217 g/mol. The van der Waals surface area contributed by atoms with Gasteiger partial charge >= 0.3 is 0 Å². The fraction of sp³-hybridized carbons (Fsp3) is 0.545. The lowest BCUT2D eigenvalue weighted by atomic mass is 10.2. The van der Waals surface area contributed by atoms with Crippen molar-refractivity contribution in [3.05, 3.63) is 12.5 Å². The Morgan fingerprint density at radius 3 is 3.00 bits per heavy atom. The van der Waals surface area contributed by atoms with Crippen LogP contribution in [0.3, 0.4) is 0 Å². The van der Waals surface area contributed by atoms with Crippen LogP contribution in [0.25, 0.3) is 11.0 Å². The van der Waals surface area contributed by atoms with Crippen molar-refractivity contribution < 1.29 is 0 Å². The van der Waals surface area contributed by atoms with Gasteiger partial charge in [0, 0.05) is 13.1 Å². The number of nitrogens with zero attached hydrogens (tertiary/aromatic N) is 4. The maximum absolute atomic E-state index is 4.29. The standard InChI is InChI=1S/C11H15N5/c1-7(8-3-4-8)15-10-9-5-14-16(2)11(9)13-6-12-10/h5-8H,3-4H2,1-2H3,(H,12,13,15). The Balaban J connectivity index is 1.96. The van der Waals surface area contributed by atoms with Crippen molar-refractivity contribution >= 4 is 16.9 Å². The molecule has 1 aliphatic carbocycles. The van der Waals surface area contributed by atoms with Crippen molar-refractivity contribution in [3.63, 3.8) is 0 Å². The molecule has 84 valence electrons. The van der Waals surface area contributed by atoms with Crippen LogP contribution in [0.5, 0.6) is 0 Å². The van der Waals surface area contributed by atoms with E-state index in [1.54, 1.807) is 11.0 Å². The number of rotatable bonds is 3. The Hall–Kier alpha value is -1.65. The van der Waals surface area contributed by atoms with Gasteiger partial charge < -0.3 is 5.32 Å². The molecule has 0 aliphatic heterocycles. The SMILES string of the molecule is CC(Nc1ncnc2c1cnn2C)C1CC1. The maximum Gasteiger partial charge on any atom is 0.163 e. The fourth-order valence-electron chi connectivity index (χ4n) is 2.01. The molecule has 0 saturated heterocycles. The van der Waals surface area contributed by atoms with Crippen molar-refractivity contribution in [2.45, 2.75) is 25.8 Å². The topological polar surface area (TPSA) is 55.6 Å².